The van der Waals surface area contributed by atoms with Crippen LogP contribution in [0.2, 0.25) is 0 Å². The maximum atomic E-state index is 12.1. The van der Waals surface area contributed by atoms with Gasteiger partial charge in [0.1, 0.15) is 0 Å². The van der Waals surface area contributed by atoms with Crippen LogP contribution in [0.15, 0.2) is 18.2 Å². The van der Waals surface area contributed by atoms with Crippen molar-refractivity contribution < 1.29 is 9.59 Å². The van der Waals surface area contributed by atoms with Crippen LogP contribution in [-0.4, -0.2) is 36.9 Å². The second kappa shape index (κ2) is 7.22. The number of hydrogen-bond donors (Lipinski definition) is 2. The van der Waals surface area contributed by atoms with Crippen molar-refractivity contribution in [3.8, 4) is 0 Å². The first-order valence-electron chi connectivity index (χ1n) is 7.16. The lowest BCUT2D eigenvalue weighted by Gasteiger charge is -2.19. The largest absolute Gasteiger partial charge is 0.345 e. The van der Waals surface area contributed by atoms with Crippen molar-refractivity contribution in [3.63, 3.8) is 0 Å². The fraction of sp³-hybridized carbons (Fsp3) is 0.500. The number of hydrogen-bond acceptors (Lipinski definition) is 3. The lowest BCUT2D eigenvalue weighted by Crippen LogP contribution is -2.40. The van der Waals surface area contributed by atoms with Crippen LogP contribution in [0.25, 0.3) is 0 Å². The Hall–Kier alpha value is -1.88. The third kappa shape index (κ3) is 4.29. The molecule has 1 rings (SSSR count). The molecular formula is C16H25N3O2. The average molecular weight is 291 g/mol. The molecule has 0 aliphatic rings. The first-order chi connectivity index (χ1) is 9.77. The number of nitrogens with one attached hydrogen (secondary N) is 1. The van der Waals surface area contributed by atoms with Gasteiger partial charge in [-0.05, 0) is 30.5 Å². The Morgan fingerprint density at radius 1 is 1.33 bits per heavy atom. The molecule has 0 radical (unpaired) electrons. The maximum Gasteiger partial charge on any atom is 0.253 e. The highest BCUT2D eigenvalue weighted by Gasteiger charge is 2.20. The van der Waals surface area contributed by atoms with Gasteiger partial charge in [0.15, 0.2) is 0 Å². The van der Waals surface area contributed by atoms with E-state index in [0.29, 0.717) is 11.3 Å². The van der Waals surface area contributed by atoms with E-state index in [1.807, 2.05) is 26.8 Å². The summed E-state index contributed by atoms with van der Waals surface area (Å²) >= 11 is 0. The van der Waals surface area contributed by atoms with Crippen LogP contribution in [0.1, 0.15) is 36.2 Å². The molecule has 0 bridgehead atoms. The SMILES string of the molecule is CCC(C)C(N)C(=O)Nc1cc(C(=O)N(C)C)ccc1C. The summed E-state index contributed by atoms with van der Waals surface area (Å²) in [6, 6.07) is 4.71. The minimum atomic E-state index is -0.553. The molecule has 21 heavy (non-hydrogen) atoms. The van der Waals surface area contributed by atoms with E-state index in [2.05, 4.69) is 5.32 Å². The highest BCUT2D eigenvalue weighted by molar-refractivity contribution is 5.99. The fourth-order valence-corrected chi connectivity index (χ4v) is 1.88. The molecule has 0 aliphatic heterocycles. The molecule has 0 fully saturated rings. The van der Waals surface area contributed by atoms with Gasteiger partial charge >= 0.3 is 0 Å². The van der Waals surface area contributed by atoms with Gasteiger partial charge in [-0.1, -0.05) is 26.3 Å². The van der Waals surface area contributed by atoms with Gasteiger partial charge in [-0.25, -0.2) is 0 Å². The zero-order valence-corrected chi connectivity index (χ0v) is 13.4. The molecule has 0 aliphatic carbocycles. The molecule has 0 aromatic heterocycles. The summed E-state index contributed by atoms with van der Waals surface area (Å²) in [6.45, 7) is 5.83. The zero-order chi connectivity index (χ0) is 16.2. The van der Waals surface area contributed by atoms with E-state index in [-0.39, 0.29) is 17.7 Å². The van der Waals surface area contributed by atoms with E-state index in [1.165, 1.54) is 4.90 Å². The molecule has 2 unspecified atom stereocenters. The topological polar surface area (TPSA) is 75.4 Å². The molecule has 3 N–H and O–H groups in total. The molecule has 2 amide bonds. The molecule has 1 aromatic carbocycles. The number of nitrogens with zero attached hydrogens (tertiary/aromatic N) is 1. The number of amides is 2. The quantitative estimate of drug-likeness (QED) is 0.871. The molecule has 2 atom stereocenters. The van der Waals surface area contributed by atoms with Crippen molar-refractivity contribution in [2.75, 3.05) is 19.4 Å². The van der Waals surface area contributed by atoms with Crippen LogP contribution in [0.4, 0.5) is 5.69 Å². The highest BCUT2D eigenvalue weighted by atomic mass is 16.2. The van der Waals surface area contributed by atoms with Gasteiger partial charge in [0, 0.05) is 25.3 Å². The van der Waals surface area contributed by atoms with Gasteiger partial charge in [0.05, 0.1) is 6.04 Å². The van der Waals surface area contributed by atoms with E-state index >= 15 is 0 Å². The second-order valence-electron chi connectivity index (χ2n) is 5.63. The highest BCUT2D eigenvalue weighted by Crippen LogP contribution is 2.19. The zero-order valence-electron chi connectivity index (χ0n) is 13.4. The Morgan fingerprint density at radius 2 is 1.95 bits per heavy atom. The fourth-order valence-electron chi connectivity index (χ4n) is 1.88. The second-order valence-corrected chi connectivity index (χ2v) is 5.63. The van der Waals surface area contributed by atoms with Crippen molar-refractivity contribution >= 4 is 17.5 Å². The lowest BCUT2D eigenvalue weighted by molar-refractivity contribution is -0.118. The maximum absolute atomic E-state index is 12.1. The Balaban J connectivity index is 2.95. The Kier molecular flexibility index (Phi) is 5.90. The minimum Gasteiger partial charge on any atom is -0.345 e. The predicted molar refractivity (Wildman–Crippen MR) is 85.3 cm³/mol. The molecule has 116 valence electrons. The van der Waals surface area contributed by atoms with Gasteiger partial charge in [-0.15, -0.1) is 0 Å². The van der Waals surface area contributed by atoms with Gasteiger partial charge in [0.2, 0.25) is 5.91 Å². The normalized spacial score (nSPS) is 13.4. The summed E-state index contributed by atoms with van der Waals surface area (Å²) in [5.74, 6) is -0.212. The molecule has 1 aromatic rings. The Morgan fingerprint density at radius 3 is 2.48 bits per heavy atom. The van der Waals surface area contributed by atoms with E-state index in [9.17, 15) is 9.59 Å². The molecular weight excluding hydrogens is 266 g/mol. The smallest absolute Gasteiger partial charge is 0.253 e. The summed E-state index contributed by atoms with van der Waals surface area (Å²) in [5.41, 5.74) is 8.00. The molecule has 0 spiro atoms. The summed E-state index contributed by atoms with van der Waals surface area (Å²) in [7, 11) is 3.39. The lowest BCUT2D eigenvalue weighted by atomic mass is 9.99. The third-order valence-corrected chi connectivity index (χ3v) is 3.71. The van der Waals surface area contributed by atoms with Crippen LogP contribution in [0.3, 0.4) is 0 Å². The van der Waals surface area contributed by atoms with Gasteiger partial charge in [0.25, 0.3) is 5.91 Å². The van der Waals surface area contributed by atoms with E-state index < -0.39 is 6.04 Å². The molecule has 5 heteroatoms. The number of aryl methyl sites for hydroxylation is 1. The molecule has 5 nitrogen and oxygen atoms in total. The standard InChI is InChI=1S/C16H25N3O2/c1-6-10(2)14(17)15(20)18-13-9-12(8-7-11(13)3)16(21)19(4)5/h7-10,14H,6,17H2,1-5H3,(H,18,20). The van der Waals surface area contributed by atoms with Crippen molar-refractivity contribution in [2.24, 2.45) is 11.7 Å². The van der Waals surface area contributed by atoms with Crippen LogP contribution in [0, 0.1) is 12.8 Å². The third-order valence-electron chi connectivity index (χ3n) is 3.71. The van der Waals surface area contributed by atoms with Gasteiger partial charge in [-0.3, -0.25) is 9.59 Å². The van der Waals surface area contributed by atoms with Crippen LogP contribution in [-0.2, 0) is 4.79 Å². The summed E-state index contributed by atoms with van der Waals surface area (Å²) < 4.78 is 0. The number of carbonyl (C=O) groups excluding carboxylic acids is 2. The summed E-state index contributed by atoms with van der Waals surface area (Å²) in [6.07, 6.45) is 0.840. The van der Waals surface area contributed by atoms with Crippen molar-refractivity contribution in [1.82, 2.24) is 4.90 Å². The van der Waals surface area contributed by atoms with Crippen LogP contribution in [0.5, 0.6) is 0 Å². The van der Waals surface area contributed by atoms with Crippen molar-refractivity contribution in [2.45, 2.75) is 33.2 Å². The Labute approximate surface area is 126 Å². The van der Waals surface area contributed by atoms with E-state index in [4.69, 9.17) is 5.73 Å². The van der Waals surface area contributed by atoms with Crippen molar-refractivity contribution in [1.29, 1.82) is 0 Å². The Bertz CT molecular complexity index is 526. The van der Waals surface area contributed by atoms with Crippen LogP contribution < -0.4 is 11.1 Å². The molecule has 0 saturated carbocycles. The molecule has 0 heterocycles. The monoisotopic (exact) mass is 291 g/mol. The first-order valence-corrected chi connectivity index (χ1v) is 7.16. The van der Waals surface area contributed by atoms with E-state index in [0.717, 1.165) is 12.0 Å². The number of rotatable bonds is 5. The first kappa shape index (κ1) is 17.2. The van der Waals surface area contributed by atoms with Crippen LogP contribution >= 0.6 is 0 Å². The number of nitrogens with two attached hydrogens (primary N) is 1. The summed E-state index contributed by atoms with van der Waals surface area (Å²) in [5, 5.41) is 2.82. The van der Waals surface area contributed by atoms with Gasteiger partial charge in [-0.2, -0.15) is 0 Å². The summed E-state index contributed by atoms with van der Waals surface area (Å²) in [4.78, 5) is 25.6. The average Bonchev–Trinajstić information content (AvgIpc) is 2.46. The minimum absolute atomic E-state index is 0.100. The van der Waals surface area contributed by atoms with Crippen molar-refractivity contribution in [3.05, 3.63) is 29.3 Å². The number of anilines is 1. The number of benzene rings is 1. The molecule has 0 saturated heterocycles. The number of carbonyl (C=O) groups is 2. The predicted octanol–water partition coefficient (Wildman–Crippen LogP) is 2.01. The van der Waals surface area contributed by atoms with Gasteiger partial charge < -0.3 is 16.0 Å². The van der Waals surface area contributed by atoms with E-state index in [1.54, 1.807) is 26.2 Å².